The first-order chi connectivity index (χ1) is 7.58. The third kappa shape index (κ3) is 1.67. The lowest BCUT2D eigenvalue weighted by Crippen LogP contribution is -2.36. The van der Waals surface area contributed by atoms with Crippen molar-refractivity contribution in [2.24, 2.45) is 0 Å². The third-order valence-electron chi connectivity index (χ3n) is 3.16. The lowest BCUT2D eigenvalue weighted by molar-refractivity contribution is 0.296. The Balaban J connectivity index is 2.29. The molecule has 1 saturated carbocycles. The van der Waals surface area contributed by atoms with Gasteiger partial charge in [0, 0.05) is 12.8 Å². The predicted octanol–water partition coefficient (Wildman–Crippen LogP) is 3.49. The Morgan fingerprint density at radius 1 is 1.19 bits per heavy atom. The molecule has 4 heteroatoms. The van der Waals surface area contributed by atoms with Crippen LogP contribution in [0.15, 0.2) is 12.1 Å². The van der Waals surface area contributed by atoms with Crippen molar-refractivity contribution in [3.05, 3.63) is 46.6 Å². The molecule has 0 bridgehead atoms. The van der Waals surface area contributed by atoms with Crippen LogP contribution in [0.1, 0.15) is 24.8 Å². The fourth-order valence-electron chi connectivity index (χ4n) is 1.97. The van der Waals surface area contributed by atoms with Crippen molar-refractivity contribution in [1.82, 2.24) is 0 Å². The minimum atomic E-state index is -1.45. The van der Waals surface area contributed by atoms with Gasteiger partial charge in [0.25, 0.3) is 0 Å². The smallest absolute Gasteiger partial charge is 0.236 e. The van der Waals surface area contributed by atoms with Crippen LogP contribution >= 0.6 is 0 Å². The van der Waals surface area contributed by atoms with E-state index in [4.69, 9.17) is 6.57 Å². The van der Waals surface area contributed by atoms with E-state index in [9.17, 15) is 13.2 Å². The molecule has 1 aromatic rings. The average Bonchev–Trinajstić information content (AvgIpc) is 2.23. The standard InChI is InChI=1S/C12H10F3N/c1-16-12(5-2-6-12)7-8-3-4-9(13)11(15)10(8)14/h3-4H,2,5-7H2. The van der Waals surface area contributed by atoms with Crippen molar-refractivity contribution in [3.63, 3.8) is 0 Å². The summed E-state index contributed by atoms with van der Waals surface area (Å²) in [5.41, 5.74) is -0.500. The van der Waals surface area contributed by atoms with Crippen LogP contribution in [0, 0.1) is 24.0 Å². The number of hydrogen-bond acceptors (Lipinski definition) is 0. The lowest BCUT2D eigenvalue weighted by atomic mass is 9.73. The summed E-state index contributed by atoms with van der Waals surface area (Å²) >= 11 is 0. The number of benzene rings is 1. The van der Waals surface area contributed by atoms with Crippen LogP contribution < -0.4 is 0 Å². The van der Waals surface area contributed by atoms with Crippen LogP contribution in [0.25, 0.3) is 4.85 Å². The highest BCUT2D eigenvalue weighted by Crippen LogP contribution is 2.39. The largest absolute Gasteiger partial charge is 0.310 e. The Hall–Kier alpha value is -1.50. The first-order valence-corrected chi connectivity index (χ1v) is 5.09. The molecule has 0 atom stereocenters. The second kappa shape index (κ2) is 3.82. The molecule has 0 N–H and O–H groups in total. The summed E-state index contributed by atoms with van der Waals surface area (Å²) in [7, 11) is 0. The van der Waals surface area contributed by atoms with E-state index in [1.54, 1.807) is 0 Å². The molecule has 16 heavy (non-hydrogen) atoms. The molecule has 1 fully saturated rings. The number of rotatable bonds is 2. The van der Waals surface area contributed by atoms with Gasteiger partial charge in [0.2, 0.25) is 5.54 Å². The highest BCUT2D eigenvalue weighted by molar-refractivity contribution is 5.25. The van der Waals surface area contributed by atoms with Crippen molar-refractivity contribution >= 4 is 0 Å². The molecule has 0 unspecified atom stereocenters. The summed E-state index contributed by atoms with van der Waals surface area (Å²) in [6, 6.07) is 2.13. The minimum absolute atomic E-state index is 0.0922. The zero-order valence-electron chi connectivity index (χ0n) is 8.56. The molecule has 1 aliphatic carbocycles. The second-order valence-corrected chi connectivity index (χ2v) is 4.20. The quantitative estimate of drug-likeness (QED) is 0.536. The Morgan fingerprint density at radius 2 is 1.88 bits per heavy atom. The zero-order chi connectivity index (χ0) is 11.8. The van der Waals surface area contributed by atoms with Crippen LogP contribution in [0.2, 0.25) is 0 Å². The van der Waals surface area contributed by atoms with Gasteiger partial charge in [0.05, 0.1) is 6.42 Å². The van der Waals surface area contributed by atoms with E-state index < -0.39 is 23.0 Å². The van der Waals surface area contributed by atoms with E-state index in [0.29, 0.717) is 12.8 Å². The maximum atomic E-state index is 13.4. The van der Waals surface area contributed by atoms with Gasteiger partial charge in [0.15, 0.2) is 17.5 Å². The van der Waals surface area contributed by atoms with Crippen molar-refractivity contribution in [2.45, 2.75) is 31.2 Å². The number of hydrogen-bond donors (Lipinski definition) is 0. The predicted molar refractivity (Wildman–Crippen MR) is 53.2 cm³/mol. The van der Waals surface area contributed by atoms with E-state index in [1.165, 1.54) is 6.07 Å². The maximum Gasteiger partial charge on any atom is 0.236 e. The highest BCUT2D eigenvalue weighted by Gasteiger charge is 2.44. The van der Waals surface area contributed by atoms with Gasteiger partial charge in [-0.3, -0.25) is 0 Å². The summed E-state index contributed by atoms with van der Waals surface area (Å²) in [5, 5.41) is 0. The molecule has 0 radical (unpaired) electrons. The molecular formula is C12H10F3N. The van der Waals surface area contributed by atoms with Crippen LogP contribution in [-0.2, 0) is 6.42 Å². The first kappa shape index (κ1) is 11.0. The number of nitrogens with zero attached hydrogens (tertiary/aromatic N) is 1. The Bertz CT molecular complexity index is 458. The van der Waals surface area contributed by atoms with Crippen LogP contribution in [0.3, 0.4) is 0 Å². The molecule has 1 nitrogen and oxygen atoms in total. The van der Waals surface area contributed by atoms with Gasteiger partial charge in [-0.05, 0) is 18.1 Å². The summed E-state index contributed by atoms with van der Waals surface area (Å²) in [6.07, 6.45) is 2.51. The van der Waals surface area contributed by atoms with Crippen molar-refractivity contribution in [2.75, 3.05) is 0 Å². The minimum Gasteiger partial charge on any atom is -0.310 e. The summed E-state index contributed by atoms with van der Waals surface area (Å²) in [4.78, 5) is 3.48. The summed E-state index contributed by atoms with van der Waals surface area (Å²) < 4.78 is 39.0. The van der Waals surface area contributed by atoms with Crippen LogP contribution in [0.4, 0.5) is 13.2 Å². The summed E-state index contributed by atoms with van der Waals surface area (Å²) in [5.74, 6) is -3.79. The van der Waals surface area contributed by atoms with E-state index in [0.717, 1.165) is 12.5 Å². The van der Waals surface area contributed by atoms with Crippen LogP contribution in [0.5, 0.6) is 0 Å². The van der Waals surface area contributed by atoms with Gasteiger partial charge in [-0.2, -0.15) is 0 Å². The van der Waals surface area contributed by atoms with E-state index in [-0.39, 0.29) is 12.0 Å². The maximum absolute atomic E-state index is 13.4. The normalized spacial score (nSPS) is 17.6. The zero-order valence-corrected chi connectivity index (χ0v) is 8.56. The monoisotopic (exact) mass is 225 g/mol. The fourth-order valence-corrected chi connectivity index (χ4v) is 1.97. The molecule has 0 aromatic heterocycles. The molecule has 2 rings (SSSR count). The van der Waals surface area contributed by atoms with Crippen molar-refractivity contribution in [3.8, 4) is 0 Å². The van der Waals surface area contributed by atoms with E-state index >= 15 is 0 Å². The Labute approximate surface area is 91.7 Å². The van der Waals surface area contributed by atoms with Gasteiger partial charge < -0.3 is 4.85 Å². The third-order valence-corrected chi connectivity index (χ3v) is 3.16. The SMILES string of the molecule is [C-]#[N+]C1(Cc2ccc(F)c(F)c2F)CCC1. The lowest BCUT2D eigenvalue weighted by Gasteiger charge is -2.30. The highest BCUT2D eigenvalue weighted by atomic mass is 19.2. The molecule has 0 amide bonds. The molecule has 1 aliphatic rings. The van der Waals surface area contributed by atoms with Crippen molar-refractivity contribution < 1.29 is 13.2 Å². The molecular weight excluding hydrogens is 215 g/mol. The molecule has 0 spiro atoms. The van der Waals surface area contributed by atoms with Gasteiger partial charge >= 0.3 is 0 Å². The van der Waals surface area contributed by atoms with Gasteiger partial charge in [0.1, 0.15) is 0 Å². The van der Waals surface area contributed by atoms with Gasteiger partial charge in [-0.1, -0.05) is 6.07 Å². The molecule has 0 heterocycles. The molecule has 0 saturated heterocycles. The van der Waals surface area contributed by atoms with Gasteiger partial charge in [-0.25, -0.2) is 19.7 Å². The molecule has 0 aliphatic heterocycles. The molecule has 84 valence electrons. The van der Waals surface area contributed by atoms with E-state index in [2.05, 4.69) is 4.85 Å². The Kier molecular flexibility index (Phi) is 2.63. The molecule has 1 aromatic carbocycles. The first-order valence-electron chi connectivity index (χ1n) is 5.09. The van der Waals surface area contributed by atoms with Crippen LogP contribution in [-0.4, -0.2) is 5.54 Å². The van der Waals surface area contributed by atoms with E-state index in [1.807, 2.05) is 0 Å². The fraction of sp³-hybridized carbons (Fsp3) is 0.417. The number of halogens is 3. The second-order valence-electron chi connectivity index (χ2n) is 4.20. The average molecular weight is 225 g/mol. The van der Waals surface area contributed by atoms with Gasteiger partial charge in [-0.15, -0.1) is 0 Å². The Morgan fingerprint density at radius 3 is 2.38 bits per heavy atom. The summed E-state index contributed by atoms with van der Waals surface area (Å²) in [6.45, 7) is 7.06. The van der Waals surface area contributed by atoms with Crippen molar-refractivity contribution in [1.29, 1.82) is 0 Å². The topological polar surface area (TPSA) is 4.36 Å².